The molecule has 118 valence electrons. The summed E-state index contributed by atoms with van der Waals surface area (Å²) in [5.41, 5.74) is 0.0193. The van der Waals surface area contributed by atoms with E-state index in [2.05, 4.69) is 15.5 Å². The maximum atomic E-state index is 12.3. The molecule has 0 saturated heterocycles. The van der Waals surface area contributed by atoms with E-state index in [4.69, 9.17) is 4.42 Å². The summed E-state index contributed by atoms with van der Waals surface area (Å²) in [5, 5.41) is 11.9. The molecule has 0 spiro atoms. The Morgan fingerprint density at radius 2 is 1.96 bits per heavy atom. The van der Waals surface area contributed by atoms with Crippen molar-refractivity contribution in [2.24, 2.45) is 0 Å². The van der Waals surface area contributed by atoms with Crippen molar-refractivity contribution >= 4 is 33.1 Å². The van der Waals surface area contributed by atoms with Crippen LogP contribution in [0, 0.1) is 0 Å². The molecule has 0 unspecified atom stereocenters. The van der Waals surface area contributed by atoms with Crippen LogP contribution >= 0.6 is 11.3 Å². The maximum Gasteiger partial charge on any atom is 0.322 e. The third-order valence-corrected chi connectivity index (χ3v) is 4.92. The zero-order valence-electron chi connectivity index (χ0n) is 11.9. The van der Waals surface area contributed by atoms with Gasteiger partial charge in [-0.05, 0) is 23.6 Å². The Morgan fingerprint density at radius 3 is 2.65 bits per heavy atom. The number of hydrogen-bond donors (Lipinski definition) is 1. The van der Waals surface area contributed by atoms with E-state index in [1.54, 1.807) is 12.1 Å². The van der Waals surface area contributed by atoms with Crippen molar-refractivity contribution in [2.75, 3.05) is 11.6 Å². The van der Waals surface area contributed by atoms with Gasteiger partial charge < -0.3 is 4.42 Å². The first kappa shape index (κ1) is 15.4. The lowest BCUT2D eigenvalue weighted by Crippen LogP contribution is -2.16. The van der Waals surface area contributed by atoms with E-state index in [0.717, 1.165) is 11.1 Å². The molecule has 2 heterocycles. The highest BCUT2D eigenvalue weighted by Crippen LogP contribution is 2.25. The largest absolute Gasteiger partial charge is 0.402 e. The second kappa shape index (κ2) is 5.94. The molecule has 1 amide bonds. The van der Waals surface area contributed by atoms with E-state index in [-0.39, 0.29) is 22.4 Å². The topological polar surface area (TPSA) is 102 Å². The first-order chi connectivity index (χ1) is 10.9. The van der Waals surface area contributed by atoms with Crippen LogP contribution in [-0.4, -0.2) is 30.8 Å². The zero-order valence-corrected chi connectivity index (χ0v) is 13.5. The van der Waals surface area contributed by atoms with Crippen molar-refractivity contribution < 1.29 is 17.6 Å². The van der Waals surface area contributed by atoms with Crippen LogP contribution in [0.2, 0.25) is 0 Å². The van der Waals surface area contributed by atoms with Gasteiger partial charge in [0, 0.05) is 6.26 Å². The second-order valence-electron chi connectivity index (χ2n) is 4.61. The van der Waals surface area contributed by atoms with Gasteiger partial charge in [0.05, 0.1) is 15.3 Å². The molecule has 23 heavy (non-hydrogen) atoms. The van der Waals surface area contributed by atoms with Crippen molar-refractivity contribution in [3.63, 3.8) is 0 Å². The molecular formula is C14H11N3O4S2. The van der Waals surface area contributed by atoms with E-state index in [9.17, 15) is 13.2 Å². The minimum Gasteiger partial charge on any atom is -0.402 e. The number of carbonyl (C=O) groups is 1. The first-order valence-corrected chi connectivity index (χ1v) is 9.20. The predicted molar refractivity (Wildman–Crippen MR) is 85.1 cm³/mol. The average Bonchev–Trinajstić information content (AvgIpc) is 3.17. The van der Waals surface area contributed by atoms with Crippen molar-refractivity contribution in [2.45, 2.75) is 4.90 Å². The molecule has 9 heteroatoms. The quantitative estimate of drug-likeness (QED) is 0.776. The van der Waals surface area contributed by atoms with Gasteiger partial charge in [0.2, 0.25) is 0 Å². The van der Waals surface area contributed by atoms with Crippen LogP contribution in [0.5, 0.6) is 0 Å². The van der Waals surface area contributed by atoms with Gasteiger partial charge in [0.25, 0.3) is 11.8 Å². The summed E-state index contributed by atoms with van der Waals surface area (Å²) < 4.78 is 28.8. The van der Waals surface area contributed by atoms with Gasteiger partial charge >= 0.3 is 6.01 Å². The predicted octanol–water partition coefficient (Wildman–Crippen LogP) is 2.45. The minimum atomic E-state index is -3.53. The number of thiophene rings is 1. The highest BCUT2D eigenvalue weighted by atomic mass is 32.2. The normalized spacial score (nSPS) is 11.3. The number of amides is 1. The maximum absolute atomic E-state index is 12.3. The highest BCUT2D eigenvalue weighted by Gasteiger charge is 2.20. The summed E-state index contributed by atoms with van der Waals surface area (Å²) in [6, 6.07) is 9.47. The van der Waals surface area contributed by atoms with E-state index in [1.165, 1.54) is 23.5 Å². The third-order valence-electron chi connectivity index (χ3n) is 2.91. The molecule has 7 nitrogen and oxygen atoms in total. The summed E-state index contributed by atoms with van der Waals surface area (Å²) in [4.78, 5) is 13.0. The zero-order chi connectivity index (χ0) is 16.4. The number of sulfone groups is 1. The van der Waals surface area contributed by atoms with Gasteiger partial charge in [-0.1, -0.05) is 23.3 Å². The van der Waals surface area contributed by atoms with Crippen molar-refractivity contribution in [3.8, 4) is 10.8 Å². The van der Waals surface area contributed by atoms with Crippen molar-refractivity contribution in [1.82, 2.24) is 10.2 Å². The Labute approximate surface area is 135 Å². The number of carbonyl (C=O) groups excluding carboxylic acids is 1. The van der Waals surface area contributed by atoms with E-state index < -0.39 is 15.7 Å². The number of nitrogens with zero attached hydrogens (tertiary/aromatic N) is 2. The monoisotopic (exact) mass is 349 g/mol. The summed E-state index contributed by atoms with van der Waals surface area (Å²) in [6.45, 7) is 0. The standard InChI is InChI=1S/C14H11N3O4S2/c1-23(19,20)11-7-3-2-5-9(11)12(18)15-14-17-16-13(21-14)10-6-4-8-22-10/h2-8H,1H3,(H,15,17,18). The van der Waals surface area contributed by atoms with Crippen molar-refractivity contribution in [3.05, 3.63) is 47.3 Å². The second-order valence-corrected chi connectivity index (χ2v) is 7.54. The van der Waals surface area contributed by atoms with Gasteiger partial charge in [0.15, 0.2) is 9.84 Å². The fraction of sp³-hybridized carbons (Fsp3) is 0.0714. The Bertz CT molecular complexity index is 946. The van der Waals surface area contributed by atoms with Crippen LogP contribution in [0.4, 0.5) is 6.01 Å². The molecule has 0 fully saturated rings. The number of benzene rings is 1. The summed E-state index contributed by atoms with van der Waals surface area (Å²) in [5.74, 6) is -0.348. The molecule has 0 bridgehead atoms. The molecule has 0 saturated carbocycles. The fourth-order valence-corrected chi connectivity index (χ4v) is 3.45. The fourth-order valence-electron chi connectivity index (χ4n) is 1.92. The summed E-state index contributed by atoms with van der Waals surface area (Å²) in [6.07, 6.45) is 1.04. The lowest BCUT2D eigenvalue weighted by molar-refractivity contribution is 0.102. The Kier molecular flexibility index (Phi) is 3.97. The smallest absolute Gasteiger partial charge is 0.322 e. The van der Waals surface area contributed by atoms with Gasteiger partial charge in [-0.2, -0.15) is 0 Å². The van der Waals surface area contributed by atoms with E-state index >= 15 is 0 Å². The third kappa shape index (κ3) is 3.30. The lowest BCUT2D eigenvalue weighted by Gasteiger charge is -2.06. The molecule has 0 aliphatic carbocycles. The number of nitrogens with one attached hydrogen (secondary N) is 1. The molecule has 3 aromatic rings. The summed E-state index contributed by atoms with van der Waals surface area (Å²) >= 11 is 1.42. The van der Waals surface area contributed by atoms with Gasteiger partial charge in [0.1, 0.15) is 0 Å². The van der Waals surface area contributed by atoms with Crippen LogP contribution < -0.4 is 5.32 Å². The molecule has 0 aliphatic rings. The number of aromatic nitrogens is 2. The molecule has 0 atom stereocenters. The molecule has 1 N–H and O–H groups in total. The number of anilines is 1. The van der Waals surface area contributed by atoms with Crippen LogP contribution in [0.1, 0.15) is 10.4 Å². The van der Waals surface area contributed by atoms with E-state index in [0.29, 0.717) is 0 Å². The highest BCUT2D eigenvalue weighted by molar-refractivity contribution is 7.90. The molecule has 3 rings (SSSR count). The van der Waals surface area contributed by atoms with Crippen LogP contribution in [0.3, 0.4) is 0 Å². The van der Waals surface area contributed by atoms with Gasteiger partial charge in [-0.15, -0.1) is 16.4 Å². The average molecular weight is 349 g/mol. The summed E-state index contributed by atoms with van der Waals surface area (Å²) in [7, 11) is -3.53. The molecule has 2 aromatic heterocycles. The Hall–Kier alpha value is -2.52. The number of rotatable bonds is 4. The molecule has 0 radical (unpaired) electrons. The molecular weight excluding hydrogens is 338 g/mol. The van der Waals surface area contributed by atoms with Gasteiger partial charge in [-0.25, -0.2) is 8.42 Å². The van der Waals surface area contributed by atoms with E-state index in [1.807, 2.05) is 17.5 Å². The SMILES string of the molecule is CS(=O)(=O)c1ccccc1C(=O)Nc1nnc(-c2cccs2)o1. The number of hydrogen-bond acceptors (Lipinski definition) is 7. The van der Waals surface area contributed by atoms with Crippen LogP contribution in [0.25, 0.3) is 10.8 Å². The van der Waals surface area contributed by atoms with Crippen LogP contribution in [0.15, 0.2) is 51.1 Å². The van der Waals surface area contributed by atoms with Crippen molar-refractivity contribution in [1.29, 1.82) is 0 Å². The minimum absolute atomic E-state index is 0.0193. The Balaban J connectivity index is 1.86. The molecule has 0 aliphatic heterocycles. The Morgan fingerprint density at radius 1 is 1.17 bits per heavy atom. The van der Waals surface area contributed by atoms with Gasteiger partial charge in [-0.3, -0.25) is 10.1 Å². The molecule has 1 aromatic carbocycles. The first-order valence-electron chi connectivity index (χ1n) is 6.43. The lowest BCUT2D eigenvalue weighted by atomic mass is 10.2. The van der Waals surface area contributed by atoms with Crippen LogP contribution in [-0.2, 0) is 9.84 Å².